The molecule has 0 aromatic heterocycles. The Bertz CT molecular complexity index is 667. The lowest BCUT2D eigenvalue weighted by Gasteiger charge is -2.29. The number of halogens is 2. The van der Waals surface area contributed by atoms with E-state index < -0.39 is 38.1 Å². The Hall–Kier alpha value is -1.54. The predicted octanol–water partition coefficient (Wildman–Crippen LogP) is 0.749. The van der Waals surface area contributed by atoms with Crippen LogP contribution in [-0.4, -0.2) is 31.8 Å². The summed E-state index contributed by atoms with van der Waals surface area (Å²) in [6.45, 7) is 2.43. The number of carbonyl (C=O) groups excluding carboxylic acids is 1. The first kappa shape index (κ1) is 15.8. The van der Waals surface area contributed by atoms with E-state index in [1.165, 1.54) is 0 Å². The summed E-state index contributed by atoms with van der Waals surface area (Å²) in [5.41, 5.74) is -1.36. The number of carboxylic acids is 1. The van der Waals surface area contributed by atoms with E-state index in [1.54, 1.807) is 0 Å². The lowest BCUT2D eigenvalue weighted by molar-refractivity contribution is -0.255. The van der Waals surface area contributed by atoms with Crippen LogP contribution >= 0.6 is 0 Å². The van der Waals surface area contributed by atoms with Crippen molar-refractivity contribution < 1.29 is 27.1 Å². The van der Waals surface area contributed by atoms with Gasteiger partial charge in [-0.3, -0.25) is 0 Å². The summed E-state index contributed by atoms with van der Waals surface area (Å²) in [4.78, 5) is 9.91. The van der Waals surface area contributed by atoms with Crippen molar-refractivity contribution in [2.45, 2.75) is 24.7 Å². The Morgan fingerprint density at radius 1 is 1.29 bits per heavy atom. The molecule has 2 rings (SSSR count). The van der Waals surface area contributed by atoms with Crippen LogP contribution in [0.15, 0.2) is 17.0 Å². The number of piperidine rings is 1. The fourth-order valence-corrected chi connectivity index (χ4v) is 3.82. The molecule has 0 saturated carbocycles. The molecule has 0 spiro atoms. The summed E-state index contributed by atoms with van der Waals surface area (Å²) in [5.74, 6) is -4.70. The molecule has 0 amide bonds. The van der Waals surface area contributed by atoms with Gasteiger partial charge in [-0.25, -0.2) is 17.2 Å². The molecule has 0 N–H and O–H groups in total. The molecule has 1 heterocycles. The van der Waals surface area contributed by atoms with E-state index in [0.717, 1.165) is 10.4 Å². The van der Waals surface area contributed by atoms with Gasteiger partial charge in [0.25, 0.3) is 0 Å². The van der Waals surface area contributed by atoms with Gasteiger partial charge in [-0.2, -0.15) is 4.31 Å². The van der Waals surface area contributed by atoms with Crippen LogP contribution in [0, 0.1) is 17.6 Å². The first-order valence-corrected chi connectivity index (χ1v) is 7.88. The third-order valence-corrected chi connectivity index (χ3v) is 5.54. The molecule has 1 saturated heterocycles. The molecule has 0 unspecified atom stereocenters. The lowest BCUT2D eigenvalue weighted by Crippen LogP contribution is -2.38. The van der Waals surface area contributed by atoms with Crippen molar-refractivity contribution in [3.8, 4) is 0 Å². The number of nitrogens with zero attached hydrogens (tertiary/aromatic N) is 1. The Morgan fingerprint density at radius 3 is 2.38 bits per heavy atom. The Kier molecular flexibility index (Phi) is 4.29. The van der Waals surface area contributed by atoms with Gasteiger partial charge in [-0.05, 0) is 30.9 Å². The summed E-state index contributed by atoms with van der Waals surface area (Å²) in [6, 6.07) is 1.36. The van der Waals surface area contributed by atoms with Gasteiger partial charge in [0.1, 0.15) is 10.7 Å². The molecule has 0 bridgehead atoms. The molecular weight excluding hydrogens is 304 g/mol. The minimum absolute atomic E-state index is 0.223. The van der Waals surface area contributed by atoms with Crippen LogP contribution in [0.1, 0.15) is 30.1 Å². The summed E-state index contributed by atoms with van der Waals surface area (Å²) in [5, 5.41) is 10.7. The fourth-order valence-electron chi connectivity index (χ4n) is 2.28. The normalized spacial score (nSPS) is 17.9. The molecule has 116 valence electrons. The number of rotatable bonds is 3. The predicted molar refractivity (Wildman–Crippen MR) is 67.8 cm³/mol. The molecule has 0 atom stereocenters. The lowest BCUT2D eigenvalue weighted by atomic mass is 10.0. The smallest absolute Gasteiger partial charge is 0.246 e. The summed E-state index contributed by atoms with van der Waals surface area (Å²) in [7, 11) is -4.19. The van der Waals surface area contributed by atoms with E-state index in [1.807, 2.05) is 6.92 Å². The number of hydrogen-bond acceptors (Lipinski definition) is 4. The topological polar surface area (TPSA) is 77.5 Å². The monoisotopic (exact) mass is 318 g/mol. The number of carboxylic acid groups (broad SMARTS) is 1. The van der Waals surface area contributed by atoms with Gasteiger partial charge in [0.15, 0.2) is 5.82 Å². The third-order valence-electron chi connectivity index (χ3n) is 3.62. The van der Waals surface area contributed by atoms with Gasteiger partial charge >= 0.3 is 0 Å². The van der Waals surface area contributed by atoms with Crippen molar-refractivity contribution in [3.63, 3.8) is 0 Å². The Morgan fingerprint density at radius 2 is 1.86 bits per heavy atom. The fraction of sp³-hybridized carbons (Fsp3) is 0.462. The molecule has 1 aliphatic rings. The zero-order valence-electron chi connectivity index (χ0n) is 11.3. The van der Waals surface area contributed by atoms with E-state index in [0.29, 0.717) is 24.8 Å². The first-order chi connectivity index (χ1) is 9.75. The summed E-state index contributed by atoms with van der Waals surface area (Å²) in [6.07, 6.45) is 1.27. The number of hydrogen-bond donors (Lipinski definition) is 0. The van der Waals surface area contributed by atoms with Crippen LogP contribution in [0.5, 0.6) is 0 Å². The van der Waals surface area contributed by atoms with Gasteiger partial charge < -0.3 is 9.90 Å². The van der Waals surface area contributed by atoms with Crippen molar-refractivity contribution in [3.05, 3.63) is 29.3 Å². The van der Waals surface area contributed by atoms with E-state index in [2.05, 4.69) is 0 Å². The highest BCUT2D eigenvalue weighted by molar-refractivity contribution is 7.89. The van der Waals surface area contributed by atoms with Crippen molar-refractivity contribution in [1.82, 2.24) is 4.31 Å². The van der Waals surface area contributed by atoms with Gasteiger partial charge in [0.05, 0.1) is 11.5 Å². The first-order valence-electron chi connectivity index (χ1n) is 6.44. The Labute approximate surface area is 121 Å². The highest BCUT2D eigenvalue weighted by Crippen LogP contribution is 2.27. The second-order valence-corrected chi connectivity index (χ2v) is 7.01. The van der Waals surface area contributed by atoms with Crippen molar-refractivity contribution >= 4 is 16.0 Å². The molecule has 5 nitrogen and oxygen atoms in total. The van der Waals surface area contributed by atoms with Gasteiger partial charge in [-0.1, -0.05) is 6.92 Å². The summed E-state index contributed by atoms with van der Waals surface area (Å²) >= 11 is 0. The van der Waals surface area contributed by atoms with Crippen LogP contribution in [0.2, 0.25) is 0 Å². The second kappa shape index (κ2) is 5.69. The van der Waals surface area contributed by atoms with Gasteiger partial charge in [0.2, 0.25) is 10.0 Å². The number of aromatic carboxylic acids is 1. The minimum atomic E-state index is -4.19. The molecular formula is C13H14F2NO4S-. The molecule has 1 aromatic carbocycles. The molecule has 1 fully saturated rings. The summed E-state index contributed by atoms with van der Waals surface area (Å²) < 4.78 is 53.1. The van der Waals surface area contributed by atoms with Crippen LogP contribution in [0.4, 0.5) is 8.78 Å². The molecule has 0 radical (unpaired) electrons. The maximum absolute atomic E-state index is 14.0. The SMILES string of the molecule is CC1CCN(S(=O)(=O)c2ccc(F)c(C(=O)[O-])c2F)CC1. The van der Waals surface area contributed by atoms with Crippen molar-refractivity contribution in [1.29, 1.82) is 0 Å². The minimum Gasteiger partial charge on any atom is -0.545 e. The van der Waals surface area contributed by atoms with Crippen molar-refractivity contribution in [2.75, 3.05) is 13.1 Å². The maximum Gasteiger partial charge on any atom is 0.246 e. The second-order valence-electron chi connectivity index (χ2n) is 5.11. The van der Waals surface area contributed by atoms with E-state index in [4.69, 9.17) is 0 Å². The maximum atomic E-state index is 14.0. The van der Waals surface area contributed by atoms with E-state index in [9.17, 15) is 27.1 Å². The van der Waals surface area contributed by atoms with Gasteiger partial charge in [0, 0.05) is 13.1 Å². The number of carbonyl (C=O) groups is 1. The standard InChI is InChI=1S/C13H15F2NO4S/c1-8-4-6-16(7-5-8)21(19,20)10-3-2-9(14)11(12(10)15)13(17)18/h2-3,8H,4-7H2,1H3,(H,17,18)/p-1. The molecule has 8 heteroatoms. The average molecular weight is 318 g/mol. The highest BCUT2D eigenvalue weighted by atomic mass is 32.2. The zero-order valence-corrected chi connectivity index (χ0v) is 12.1. The van der Waals surface area contributed by atoms with Crippen LogP contribution in [0.3, 0.4) is 0 Å². The zero-order chi connectivity index (χ0) is 15.8. The van der Waals surface area contributed by atoms with Crippen LogP contribution in [0.25, 0.3) is 0 Å². The number of sulfonamides is 1. The van der Waals surface area contributed by atoms with Gasteiger partial charge in [-0.15, -0.1) is 0 Å². The van der Waals surface area contributed by atoms with E-state index >= 15 is 0 Å². The van der Waals surface area contributed by atoms with E-state index in [-0.39, 0.29) is 13.1 Å². The van der Waals surface area contributed by atoms with Crippen LogP contribution < -0.4 is 5.11 Å². The molecule has 1 aromatic rings. The molecule has 21 heavy (non-hydrogen) atoms. The average Bonchev–Trinajstić information content (AvgIpc) is 2.38. The highest BCUT2D eigenvalue weighted by Gasteiger charge is 2.32. The quantitative estimate of drug-likeness (QED) is 0.824. The Balaban J connectivity index is 2.46. The van der Waals surface area contributed by atoms with Crippen molar-refractivity contribution in [2.24, 2.45) is 5.92 Å². The molecule has 0 aliphatic carbocycles. The third kappa shape index (κ3) is 2.91. The number of benzene rings is 1. The van der Waals surface area contributed by atoms with Crippen LogP contribution in [-0.2, 0) is 10.0 Å². The molecule has 1 aliphatic heterocycles. The largest absolute Gasteiger partial charge is 0.545 e.